The summed E-state index contributed by atoms with van der Waals surface area (Å²) in [7, 11) is 0. The van der Waals surface area contributed by atoms with Crippen LogP contribution in [0.4, 0.5) is 8.78 Å². The van der Waals surface area contributed by atoms with Crippen LogP contribution in [0.15, 0.2) is 18.2 Å². The fourth-order valence-corrected chi connectivity index (χ4v) is 2.01. The Balaban J connectivity index is 1.93. The first kappa shape index (κ1) is 13.9. The lowest BCUT2D eigenvalue weighted by molar-refractivity contribution is -0.125. The molecule has 19 heavy (non-hydrogen) atoms. The van der Waals surface area contributed by atoms with Crippen LogP contribution in [-0.2, 0) is 9.53 Å². The molecule has 1 saturated heterocycles. The highest BCUT2D eigenvalue weighted by Crippen LogP contribution is 2.20. The number of amides is 1. The second-order valence-electron chi connectivity index (χ2n) is 4.46. The van der Waals surface area contributed by atoms with E-state index in [9.17, 15) is 18.7 Å². The third kappa shape index (κ3) is 3.27. The van der Waals surface area contributed by atoms with Crippen LogP contribution in [0.3, 0.4) is 0 Å². The summed E-state index contributed by atoms with van der Waals surface area (Å²) in [5.41, 5.74) is -0.425. The van der Waals surface area contributed by atoms with Crippen molar-refractivity contribution in [3.8, 4) is 0 Å². The van der Waals surface area contributed by atoms with E-state index in [2.05, 4.69) is 5.32 Å². The van der Waals surface area contributed by atoms with Gasteiger partial charge in [0.1, 0.15) is 17.7 Å². The van der Waals surface area contributed by atoms with E-state index in [1.165, 1.54) is 6.07 Å². The minimum absolute atomic E-state index is 0.229. The number of ether oxygens (including phenoxy) is 1. The summed E-state index contributed by atoms with van der Waals surface area (Å²) in [5.74, 6) is -2.18. The Labute approximate surface area is 109 Å². The molecule has 6 heteroatoms. The van der Waals surface area contributed by atoms with Crippen LogP contribution < -0.4 is 5.32 Å². The number of carbonyl (C=O) groups excluding carboxylic acids is 1. The molecule has 2 atom stereocenters. The van der Waals surface area contributed by atoms with Crippen molar-refractivity contribution in [3.63, 3.8) is 0 Å². The number of nitrogens with one attached hydrogen (secondary N) is 1. The van der Waals surface area contributed by atoms with E-state index in [1.54, 1.807) is 0 Å². The zero-order chi connectivity index (χ0) is 13.8. The largest absolute Gasteiger partial charge is 0.386 e. The second-order valence-corrected chi connectivity index (χ2v) is 4.46. The Kier molecular flexibility index (Phi) is 4.44. The topological polar surface area (TPSA) is 58.6 Å². The van der Waals surface area contributed by atoms with Gasteiger partial charge in [0.15, 0.2) is 0 Å². The van der Waals surface area contributed by atoms with Crippen molar-refractivity contribution < 1.29 is 23.4 Å². The predicted molar refractivity (Wildman–Crippen MR) is 63.3 cm³/mol. The van der Waals surface area contributed by atoms with Crippen molar-refractivity contribution in [1.29, 1.82) is 0 Å². The van der Waals surface area contributed by atoms with Gasteiger partial charge in [-0.1, -0.05) is 6.07 Å². The zero-order valence-electron chi connectivity index (χ0n) is 10.2. The maximum absolute atomic E-state index is 13.4. The third-order valence-electron chi connectivity index (χ3n) is 3.10. The van der Waals surface area contributed by atoms with Gasteiger partial charge in [-0.25, -0.2) is 8.78 Å². The molecule has 2 unspecified atom stereocenters. The normalized spacial score (nSPS) is 20.3. The zero-order valence-corrected chi connectivity index (χ0v) is 10.2. The second kappa shape index (κ2) is 6.08. The molecule has 0 saturated carbocycles. The maximum atomic E-state index is 13.4. The lowest BCUT2D eigenvalue weighted by atomic mass is 10.1. The minimum Gasteiger partial charge on any atom is -0.386 e. The van der Waals surface area contributed by atoms with Gasteiger partial charge in [-0.05, 0) is 18.6 Å². The van der Waals surface area contributed by atoms with Crippen molar-refractivity contribution in [2.45, 2.75) is 12.5 Å². The monoisotopic (exact) mass is 271 g/mol. The number of hydrogen-bond donors (Lipinski definition) is 2. The van der Waals surface area contributed by atoms with E-state index in [-0.39, 0.29) is 18.4 Å². The highest BCUT2D eigenvalue weighted by molar-refractivity contribution is 5.79. The predicted octanol–water partition coefficient (Wildman–Crippen LogP) is 1.15. The number of carbonyl (C=O) groups is 1. The van der Waals surface area contributed by atoms with E-state index < -0.39 is 23.3 Å². The van der Waals surface area contributed by atoms with Crippen molar-refractivity contribution in [2.75, 3.05) is 19.8 Å². The van der Waals surface area contributed by atoms with Crippen molar-refractivity contribution in [1.82, 2.24) is 5.32 Å². The van der Waals surface area contributed by atoms with Crippen LogP contribution in [-0.4, -0.2) is 30.8 Å². The van der Waals surface area contributed by atoms with Gasteiger partial charge >= 0.3 is 0 Å². The van der Waals surface area contributed by atoms with Crippen LogP contribution >= 0.6 is 0 Å². The van der Waals surface area contributed by atoms with Crippen molar-refractivity contribution in [2.24, 2.45) is 5.92 Å². The SMILES string of the molecule is O=C(NCC(O)c1c(F)cccc1F)C1CCOC1. The molecule has 1 aliphatic heterocycles. The Morgan fingerprint density at radius 1 is 1.47 bits per heavy atom. The molecule has 0 spiro atoms. The average molecular weight is 271 g/mol. The van der Waals surface area contributed by atoms with Gasteiger partial charge < -0.3 is 15.2 Å². The third-order valence-corrected chi connectivity index (χ3v) is 3.10. The van der Waals surface area contributed by atoms with E-state index in [0.717, 1.165) is 12.1 Å². The molecule has 1 aromatic carbocycles. The quantitative estimate of drug-likeness (QED) is 0.863. The number of rotatable bonds is 4. The molecule has 1 amide bonds. The van der Waals surface area contributed by atoms with E-state index >= 15 is 0 Å². The van der Waals surface area contributed by atoms with Gasteiger partial charge in [0.2, 0.25) is 5.91 Å². The maximum Gasteiger partial charge on any atom is 0.225 e. The fourth-order valence-electron chi connectivity index (χ4n) is 2.01. The van der Waals surface area contributed by atoms with Gasteiger partial charge in [-0.15, -0.1) is 0 Å². The van der Waals surface area contributed by atoms with Gasteiger partial charge in [-0.3, -0.25) is 4.79 Å². The molecule has 1 aliphatic rings. The molecule has 0 radical (unpaired) electrons. The Morgan fingerprint density at radius 2 is 2.16 bits per heavy atom. The van der Waals surface area contributed by atoms with Crippen LogP contribution in [0.2, 0.25) is 0 Å². The van der Waals surface area contributed by atoms with Gasteiger partial charge in [0.25, 0.3) is 0 Å². The molecule has 0 aromatic heterocycles. The summed E-state index contributed by atoms with van der Waals surface area (Å²) in [5, 5.41) is 12.2. The van der Waals surface area contributed by atoms with E-state index in [1.807, 2.05) is 0 Å². The lowest BCUT2D eigenvalue weighted by Crippen LogP contribution is -2.34. The molecule has 4 nitrogen and oxygen atoms in total. The smallest absolute Gasteiger partial charge is 0.225 e. The van der Waals surface area contributed by atoms with Crippen LogP contribution in [0.25, 0.3) is 0 Å². The van der Waals surface area contributed by atoms with Crippen LogP contribution in [0.5, 0.6) is 0 Å². The fraction of sp³-hybridized carbons (Fsp3) is 0.462. The number of aliphatic hydroxyl groups excluding tert-OH is 1. The molecule has 0 bridgehead atoms. The summed E-state index contributed by atoms with van der Waals surface area (Å²) < 4.78 is 31.9. The summed E-state index contributed by atoms with van der Waals surface area (Å²) in [6.45, 7) is 0.645. The molecular formula is C13H15F2NO3. The van der Waals surface area contributed by atoms with E-state index in [0.29, 0.717) is 19.6 Å². The molecule has 1 heterocycles. The molecule has 2 N–H and O–H groups in total. The summed E-state index contributed by atoms with van der Waals surface area (Å²) >= 11 is 0. The van der Waals surface area contributed by atoms with Crippen LogP contribution in [0, 0.1) is 17.6 Å². The first-order chi connectivity index (χ1) is 9.09. The molecular weight excluding hydrogens is 256 g/mol. The van der Waals surface area contributed by atoms with E-state index in [4.69, 9.17) is 4.74 Å². The number of hydrogen-bond acceptors (Lipinski definition) is 3. The molecule has 1 aromatic rings. The molecule has 0 aliphatic carbocycles. The van der Waals surface area contributed by atoms with Crippen molar-refractivity contribution >= 4 is 5.91 Å². The highest BCUT2D eigenvalue weighted by Gasteiger charge is 2.25. The van der Waals surface area contributed by atoms with Gasteiger partial charge in [-0.2, -0.15) is 0 Å². The number of halogens is 2. The highest BCUT2D eigenvalue weighted by atomic mass is 19.1. The van der Waals surface area contributed by atoms with Crippen molar-refractivity contribution in [3.05, 3.63) is 35.4 Å². The summed E-state index contributed by atoms with van der Waals surface area (Å²) in [6.07, 6.45) is -0.789. The standard InChI is InChI=1S/C13H15F2NO3/c14-9-2-1-3-10(15)12(9)11(17)6-16-13(18)8-4-5-19-7-8/h1-3,8,11,17H,4-7H2,(H,16,18). The number of aliphatic hydroxyl groups is 1. The van der Waals surface area contributed by atoms with Crippen LogP contribution in [0.1, 0.15) is 18.1 Å². The van der Waals surface area contributed by atoms with Gasteiger partial charge in [0, 0.05) is 13.2 Å². The first-order valence-corrected chi connectivity index (χ1v) is 6.07. The molecule has 2 rings (SSSR count). The minimum atomic E-state index is -1.41. The molecule has 104 valence electrons. The lowest BCUT2D eigenvalue weighted by Gasteiger charge is -2.15. The average Bonchev–Trinajstić information content (AvgIpc) is 2.89. The summed E-state index contributed by atoms with van der Waals surface area (Å²) in [4.78, 5) is 11.7. The Bertz CT molecular complexity index is 441. The first-order valence-electron chi connectivity index (χ1n) is 6.07. The van der Waals surface area contributed by atoms with Gasteiger partial charge in [0.05, 0.1) is 18.1 Å². The molecule has 1 fully saturated rings. The Morgan fingerprint density at radius 3 is 2.74 bits per heavy atom. The number of benzene rings is 1. The Hall–Kier alpha value is -1.53. The summed E-state index contributed by atoms with van der Waals surface area (Å²) in [6, 6.07) is 3.35.